The van der Waals surface area contributed by atoms with Gasteiger partial charge in [-0.25, -0.2) is 4.79 Å². The molecule has 27 heavy (non-hydrogen) atoms. The molecule has 2 aliphatic rings. The molecular weight excluding hydrogens is 434 g/mol. The van der Waals surface area contributed by atoms with Gasteiger partial charge in [-0.05, 0) is 48.8 Å². The first-order valence-corrected chi connectivity index (χ1v) is 10.1. The number of nitrogens with zero attached hydrogens (tertiary/aromatic N) is 3. The highest BCUT2D eigenvalue weighted by Crippen LogP contribution is 2.44. The number of benzene rings is 1. The van der Waals surface area contributed by atoms with Crippen molar-refractivity contribution in [3.63, 3.8) is 0 Å². The molecule has 6 nitrogen and oxygen atoms in total. The van der Waals surface area contributed by atoms with Gasteiger partial charge in [-0.15, -0.1) is 0 Å². The number of hydrogen-bond donors (Lipinski definition) is 1. The lowest BCUT2D eigenvalue weighted by Gasteiger charge is -2.28. The molecule has 2 aromatic rings. The lowest BCUT2D eigenvalue weighted by Crippen LogP contribution is -2.37. The molecule has 1 unspecified atom stereocenters. The second-order valence-corrected chi connectivity index (χ2v) is 9.32. The summed E-state index contributed by atoms with van der Waals surface area (Å²) < 4.78 is 9.08. The van der Waals surface area contributed by atoms with Crippen LogP contribution in [0, 0.1) is 0 Å². The van der Waals surface area contributed by atoms with Gasteiger partial charge in [0.2, 0.25) is 0 Å². The van der Waals surface area contributed by atoms with Crippen LogP contribution in [0.25, 0.3) is 0 Å². The summed E-state index contributed by atoms with van der Waals surface area (Å²) in [7, 11) is 0. The van der Waals surface area contributed by atoms with E-state index in [9.17, 15) is 9.90 Å². The number of hydrogen-bond acceptors (Lipinski definition) is 3. The molecule has 8 heteroatoms. The Labute approximate surface area is 171 Å². The van der Waals surface area contributed by atoms with Crippen LogP contribution in [0.5, 0.6) is 5.75 Å². The van der Waals surface area contributed by atoms with Gasteiger partial charge >= 0.3 is 6.09 Å². The highest BCUT2D eigenvalue weighted by Gasteiger charge is 2.37. The average Bonchev–Trinajstić information content (AvgIpc) is 3.14. The molecule has 0 spiro atoms. The summed E-state index contributed by atoms with van der Waals surface area (Å²) >= 11 is 9.70. The molecule has 0 saturated heterocycles. The molecule has 144 valence electrons. The van der Waals surface area contributed by atoms with E-state index in [1.165, 1.54) is 4.90 Å². The van der Waals surface area contributed by atoms with Crippen molar-refractivity contribution in [3.05, 3.63) is 44.1 Å². The number of carboxylic acid groups (broad SMARTS) is 1. The number of ether oxygens (including phenoxy) is 1. The molecule has 3 heterocycles. The maximum absolute atomic E-state index is 11.5. The predicted molar refractivity (Wildman–Crippen MR) is 106 cm³/mol. The zero-order valence-corrected chi connectivity index (χ0v) is 17.8. The Hall–Kier alpha value is -1.73. The fraction of sp³-hybridized carbons (Fsp3) is 0.474. The van der Waals surface area contributed by atoms with E-state index in [0.29, 0.717) is 31.0 Å². The minimum Gasteiger partial charge on any atom is -0.482 e. The Morgan fingerprint density at radius 1 is 1.41 bits per heavy atom. The quantitative estimate of drug-likeness (QED) is 0.674. The van der Waals surface area contributed by atoms with Crippen LogP contribution in [-0.2, 0) is 24.9 Å². The summed E-state index contributed by atoms with van der Waals surface area (Å²) in [6.07, 6.45) is 0.164. The van der Waals surface area contributed by atoms with Crippen molar-refractivity contribution in [3.8, 4) is 5.75 Å². The molecule has 0 fully saturated rings. The standard InChI is InChI=1S/C19H21BrClN3O3/c1-19(2,3)24-14-4-5-23(18(25)26)9-12(14)16(22-24)15-7-10-6-11(21)8-13(20)17(10)27-15/h6,8,15H,4-5,7,9H2,1-3H3,(H,25,26). The van der Waals surface area contributed by atoms with Crippen LogP contribution < -0.4 is 4.74 Å². The molecule has 1 aromatic carbocycles. The summed E-state index contributed by atoms with van der Waals surface area (Å²) in [5.41, 5.74) is 3.74. The number of carbonyl (C=O) groups is 1. The summed E-state index contributed by atoms with van der Waals surface area (Å²) in [6, 6.07) is 3.73. The van der Waals surface area contributed by atoms with Crippen molar-refractivity contribution in [2.45, 2.75) is 51.8 Å². The van der Waals surface area contributed by atoms with Crippen LogP contribution in [0.1, 0.15) is 49.4 Å². The van der Waals surface area contributed by atoms with Gasteiger partial charge in [0, 0.05) is 41.2 Å². The van der Waals surface area contributed by atoms with E-state index < -0.39 is 6.09 Å². The second kappa shape index (κ2) is 6.41. The first-order chi connectivity index (χ1) is 12.6. The normalized spacial score (nSPS) is 18.9. The van der Waals surface area contributed by atoms with Gasteiger partial charge in [0.05, 0.1) is 16.6 Å². The van der Waals surface area contributed by atoms with Gasteiger partial charge in [-0.1, -0.05) is 11.6 Å². The van der Waals surface area contributed by atoms with Gasteiger partial charge in [-0.2, -0.15) is 5.10 Å². The number of fused-ring (bicyclic) bond motifs is 2. The summed E-state index contributed by atoms with van der Waals surface area (Å²) in [5.74, 6) is 0.786. The Morgan fingerprint density at radius 3 is 2.81 bits per heavy atom. The van der Waals surface area contributed by atoms with Gasteiger partial charge < -0.3 is 14.7 Å². The first-order valence-electron chi connectivity index (χ1n) is 8.88. The van der Waals surface area contributed by atoms with Crippen molar-refractivity contribution < 1.29 is 14.6 Å². The van der Waals surface area contributed by atoms with Crippen LogP contribution in [0.15, 0.2) is 16.6 Å². The Morgan fingerprint density at radius 2 is 2.15 bits per heavy atom. The SMILES string of the molecule is CC(C)(C)n1nc(C2Cc3cc(Cl)cc(Br)c3O2)c2c1CCN(C(=O)O)C2. The highest BCUT2D eigenvalue weighted by molar-refractivity contribution is 9.10. The summed E-state index contributed by atoms with van der Waals surface area (Å²) in [4.78, 5) is 12.9. The predicted octanol–water partition coefficient (Wildman–Crippen LogP) is 4.77. The van der Waals surface area contributed by atoms with E-state index >= 15 is 0 Å². The van der Waals surface area contributed by atoms with Crippen LogP contribution in [0.3, 0.4) is 0 Å². The topological polar surface area (TPSA) is 67.6 Å². The maximum atomic E-state index is 11.5. The molecule has 1 aromatic heterocycles. The van der Waals surface area contributed by atoms with Crippen LogP contribution in [0.4, 0.5) is 4.79 Å². The third kappa shape index (κ3) is 3.21. The van der Waals surface area contributed by atoms with Crippen molar-refractivity contribution in [1.29, 1.82) is 0 Å². The van der Waals surface area contributed by atoms with Crippen LogP contribution >= 0.6 is 27.5 Å². The highest BCUT2D eigenvalue weighted by atomic mass is 79.9. The number of amides is 1. The number of rotatable bonds is 1. The molecule has 1 N–H and O–H groups in total. The van der Waals surface area contributed by atoms with Gasteiger partial charge in [-0.3, -0.25) is 4.68 Å². The fourth-order valence-corrected chi connectivity index (χ4v) is 4.82. The average molecular weight is 455 g/mol. The van der Waals surface area contributed by atoms with Crippen molar-refractivity contribution in [2.75, 3.05) is 6.54 Å². The van der Waals surface area contributed by atoms with Gasteiger partial charge in [0.25, 0.3) is 0 Å². The maximum Gasteiger partial charge on any atom is 0.407 e. The minimum absolute atomic E-state index is 0.191. The van der Waals surface area contributed by atoms with Crippen LogP contribution in [0.2, 0.25) is 5.02 Å². The van der Waals surface area contributed by atoms with E-state index in [-0.39, 0.29) is 11.6 Å². The second-order valence-electron chi connectivity index (χ2n) is 8.03. The zero-order valence-electron chi connectivity index (χ0n) is 15.4. The first kappa shape index (κ1) is 18.6. The molecule has 0 bridgehead atoms. The molecule has 4 rings (SSSR count). The Bertz CT molecular complexity index is 935. The summed E-state index contributed by atoms with van der Waals surface area (Å²) in [6.45, 7) is 7.14. The smallest absolute Gasteiger partial charge is 0.407 e. The Kier molecular flexibility index (Phi) is 4.42. The molecule has 0 radical (unpaired) electrons. The van der Waals surface area contributed by atoms with Gasteiger partial charge in [0.1, 0.15) is 17.5 Å². The van der Waals surface area contributed by atoms with Crippen molar-refractivity contribution >= 4 is 33.6 Å². The number of aromatic nitrogens is 2. The number of halogens is 2. The fourth-order valence-electron chi connectivity index (χ4n) is 3.85. The van der Waals surface area contributed by atoms with E-state index in [2.05, 4.69) is 36.7 Å². The molecule has 2 aliphatic heterocycles. The lowest BCUT2D eigenvalue weighted by atomic mass is 9.99. The van der Waals surface area contributed by atoms with E-state index in [1.807, 2.05) is 16.8 Å². The van der Waals surface area contributed by atoms with Crippen LogP contribution in [-0.4, -0.2) is 32.4 Å². The molecule has 1 amide bonds. The third-order valence-electron chi connectivity index (χ3n) is 5.05. The molecule has 0 aliphatic carbocycles. The molecular formula is C19H21BrClN3O3. The largest absolute Gasteiger partial charge is 0.482 e. The summed E-state index contributed by atoms with van der Waals surface area (Å²) in [5, 5.41) is 15.0. The zero-order chi connectivity index (χ0) is 19.5. The minimum atomic E-state index is -0.903. The van der Waals surface area contributed by atoms with E-state index in [0.717, 1.165) is 32.7 Å². The van der Waals surface area contributed by atoms with Crippen molar-refractivity contribution in [1.82, 2.24) is 14.7 Å². The lowest BCUT2D eigenvalue weighted by molar-refractivity contribution is 0.138. The van der Waals surface area contributed by atoms with E-state index in [1.54, 1.807) is 0 Å². The monoisotopic (exact) mass is 453 g/mol. The van der Waals surface area contributed by atoms with Gasteiger partial charge in [0.15, 0.2) is 0 Å². The molecule has 0 saturated carbocycles. The molecule has 1 atom stereocenters. The van der Waals surface area contributed by atoms with E-state index in [4.69, 9.17) is 21.4 Å². The van der Waals surface area contributed by atoms with Crippen molar-refractivity contribution in [2.24, 2.45) is 0 Å². The third-order valence-corrected chi connectivity index (χ3v) is 5.86. The Balaban J connectivity index is 1.77.